The molecule has 0 aliphatic rings. The number of nitrogens with one attached hydrogen (secondary N) is 1. The Morgan fingerprint density at radius 2 is 1.86 bits per heavy atom. The van der Waals surface area contributed by atoms with Crippen LogP contribution in [-0.2, 0) is 23.1 Å². The number of amides is 2. The number of hydrazine groups is 1. The second-order valence-electron chi connectivity index (χ2n) is 6.53. The van der Waals surface area contributed by atoms with E-state index in [1.165, 1.54) is 0 Å². The number of methoxy groups -OCH3 is 1. The van der Waals surface area contributed by atoms with E-state index in [9.17, 15) is 9.59 Å². The van der Waals surface area contributed by atoms with Gasteiger partial charge in [-0.05, 0) is 35.4 Å². The lowest BCUT2D eigenvalue weighted by Crippen LogP contribution is -2.46. The number of nitrogens with zero attached hydrogens (tertiary/aromatic N) is 3. The molecule has 150 valence electrons. The summed E-state index contributed by atoms with van der Waals surface area (Å²) >= 11 is 0. The van der Waals surface area contributed by atoms with E-state index >= 15 is 0 Å². The Morgan fingerprint density at radius 3 is 2.45 bits per heavy atom. The molecule has 2 aromatic carbocycles. The van der Waals surface area contributed by atoms with Crippen LogP contribution in [0, 0.1) is 0 Å². The van der Waals surface area contributed by atoms with Crippen molar-refractivity contribution in [1.29, 1.82) is 0 Å². The minimum atomic E-state index is -1.01. The van der Waals surface area contributed by atoms with Crippen molar-refractivity contribution in [2.75, 3.05) is 12.4 Å². The van der Waals surface area contributed by atoms with Crippen molar-refractivity contribution in [1.82, 2.24) is 14.8 Å². The fourth-order valence-electron chi connectivity index (χ4n) is 2.93. The zero-order chi connectivity index (χ0) is 20.8. The molecule has 3 rings (SSSR count). The van der Waals surface area contributed by atoms with Gasteiger partial charge in [-0.25, -0.2) is 5.84 Å². The van der Waals surface area contributed by atoms with Gasteiger partial charge < -0.3 is 10.1 Å². The summed E-state index contributed by atoms with van der Waals surface area (Å²) < 4.78 is 6.78. The number of rotatable bonds is 7. The highest BCUT2D eigenvalue weighted by atomic mass is 16.5. The second-order valence-corrected chi connectivity index (χ2v) is 6.53. The van der Waals surface area contributed by atoms with Gasteiger partial charge in [0.05, 0.1) is 19.7 Å². The van der Waals surface area contributed by atoms with Crippen molar-refractivity contribution in [2.24, 2.45) is 12.9 Å². The van der Waals surface area contributed by atoms with E-state index < -0.39 is 17.9 Å². The number of nitrogens with two attached hydrogens (primary N) is 1. The number of hydrogen-bond acceptors (Lipinski definition) is 5. The first-order chi connectivity index (χ1) is 14.0. The highest BCUT2D eigenvalue weighted by Gasteiger charge is 2.30. The third kappa shape index (κ3) is 4.99. The van der Waals surface area contributed by atoms with Crippen molar-refractivity contribution in [3.63, 3.8) is 0 Å². The molecule has 0 fully saturated rings. The molecule has 8 heteroatoms. The first kappa shape index (κ1) is 20.1. The molecule has 0 aliphatic carbocycles. The summed E-state index contributed by atoms with van der Waals surface area (Å²) in [7, 11) is 3.32. The van der Waals surface area contributed by atoms with Gasteiger partial charge >= 0.3 is 0 Å². The van der Waals surface area contributed by atoms with E-state index in [4.69, 9.17) is 10.6 Å². The highest BCUT2D eigenvalue weighted by Crippen LogP contribution is 2.24. The number of para-hydroxylation sites is 1. The molecule has 1 aromatic heterocycles. The van der Waals surface area contributed by atoms with Crippen LogP contribution >= 0.6 is 0 Å². The van der Waals surface area contributed by atoms with Crippen LogP contribution in [0.15, 0.2) is 67.0 Å². The predicted octanol–water partition coefficient (Wildman–Crippen LogP) is 2.05. The molecule has 2 amide bonds. The van der Waals surface area contributed by atoms with Gasteiger partial charge in [0.2, 0.25) is 5.91 Å². The van der Waals surface area contributed by atoms with E-state index in [1.54, 1.807) is 67.6 Å². The Bertz CT molecular complexity index is 969. The minimum Gasteiger partial charge on any atom is -0.497 e. The molecule has 8 nitrogen and oxygen atoms in total. The molecule has 1 unspecified atom stereocenters. The lowest BCUT2D eigenvalue weighted by atomic mass is 10.0. The number of aryl methyl sites for hydroxylation is 1. The molecule has 0 aliphatic heterocycles. The summed E-state index contributed by atoms with van der Waals surface area (Å²) in [6.07, 6.45) is 3.37. The summed E-state index contributed by atoms with van der Waals surface area (Å²) in [4.78, 5) is 25.8. The zero-order valence-electron chi connectivity index (χ0n) is 16.3. The monoisotopic (exact) mass is 393 g/mol. The number of hydrogen-bond donors (Lipinski definition) is 2. The van der Waals surface area contributed by atoms with Gasteiger partial charge in [0.25, 0.3) is 5.91 Å². The Labute approximate surface area is 168 Å². The summed E-state index contributed by atoms with van der Waals surface area (Å²) in [6.45, 7) is 0. The van der Waals surface area contributed by atoms with Crippen molar-refractivity contribution >= 4 is 17.5 Å². The first-order valence-corrected chi connectivity index (χ1v) is 9.02. The Balaban J connectivity index is 1.85. The van der Waals surface area contributed by atoms with Gasteiger partial charge in [-0.1, -0.05) is 30.3 Å². The van der Waals surface area contributed by atoms with Crippen LogP contribution < -0.4 is 15.9 Å². The average molecular weight is 393 g/mol. The van der Waals surface area contributed by atoms with Crippen LogP contribution in [0.3, 0.4) is 0 Å². The molecule has 0 saturated carbocycles. The molecule has 29 heavy (non-hydrogen) atoms. The van der Waals surface area contributed by atoms with Gasteiger partial charge in [0.15, 0.2) is 6.04 Å². The number of anilines is 1. The van der Waals surface area contributed by atoms with Crippen LogP contribution in [0.5, 0.6) is 5.75 Å². The minimum absolute atomic E-state index is 0.0373. The standard InChI is InChI=1S/C21H23N5O3/c1-25-14-15(13-23-25)12-19(27)26(22)20(16-8-10-18(29-2)11-9-16)21(28)24-17-6-4-3-5-7-17/h3-11,13-14,20H,12,22H2,1-2H3,(H,24,28). The number of carbonyl (C=O) groups excluding carboxylic acids is 2. The van der Waals surface area contributed by atoms with Gasteiger partial charge in [-0.2, -0.15) is 5.10 Å². The molecule has 3 N–H and O–H groups in total. The fraction of sp³-hybridized carbons (Fsp3) is 0.190. The summed E-state index contributed by atoms with van der Waals surface area (Å²) in [6, 6.07) is 14.9. The van der Waals surface area contributed by atoms with Gasteiger partial charge in [-0.3, -0.25) is 19.3 Å². The van der Waals surface area contributed by atoms with Crippen molar-refractivity contribution in [2.45, 2.75) is 12.5 Å². The Hall–Kier alpha value is -3.65. The smallest absolute Gasteiger partial charge is 0.253 e. The van der Waals surface area contributed by atoms with Crippen molar-refractivity contribution < 1.29 is 14.3 Å². The van der Waals surface area contributed by atoms with E-state index in [0.29, 0.717) is 22.6 Å². The lowest BCUT2D eigenvalue weighted by molar-refractivity contribution is -0.138. The molecule has 0 spiro atoms. The third-order valence-corrected chi connectivity index (χ3v) is 4.40. The van der Waals surface area contributed by atoms with E-state index in [1.807, 2.05) is 18.2 Å². The maximum atomic E-state index is 13.0. The Kier molecular flexibility index (Phi) is 6.25. The van der Waals surface area contributed by atoms with Crippen LogP contribution in [0.1, 0.15) is 17.2 Å². The fourth-order valence-corrected chi connectivity index (χ4v) is 2.93. The maximum absolute atomic E-state index is 13.0. The summed E-state index contributed by atoms with van der Waals surface area (Å²) in [5.74, 6) is 5.96. The van der Waals surface area contributed by atoms with Crippen LogP contribution in [0.25, 0.3) is 0 Å². The highest BCUT2D eigenvalue weighted by molar-refractivity contribution is 5.97. The molecule has 1 heterocycles. The predicted molar refractivity (Wildman–Crippen MR) is 109 cm³/mol. The lowest BCUT2D eigenvalue weighted by Gasteiger charge is -2.27. The normalized spacial score (nSPS) is 11.6. The largest absolute Gasteiger partial charge is 0.497 e. The van der Waals surface area contributed by atoms with E-state index in [0.717, 1.165) is 5.01 Å². The zero-order valence-corrected chi connectivity index (χ0v) is 16.3. The number of carbonyl (C=O) groups is 2. The molecule has 0 saturated heterocycles. The molecule has 3 aromatic rings. The summed E-state index contributed by atoms with van der Waals surface area (Å²) in [5.41, 5.74) is 1.90. The average Bonchev–Trinajstić information content (AvgIpc) is 3.14. The second kappa shape index (κ2) is 9.03. The molecule has 0 bridgehead atoms. The van der Waals surface area contributed by atoms with Crippen molar-refractivity contribution in [3.8, 4) is 5.75 Å². The summed E-state index contributed by atoms with van der Waals surface area (Å²) in [5, 5.41) is 7.83. The number of benzene rings is 2. The van der Waals surface area contributed by atoms with Crippen LogP contribution in [0.4, 0.5) is 5.69 Å². The SMILES string of the molecule is COc1ccc(C(C(=O)Nc2ccccc2)N(N)C(=O)Cc2cnn(C)c2)cc1. The van der Waals surface area contributed by atoms with Gasteiger partial charge in [0, 0.05) is 18.9 Å². The third-order valence-electron chi connectivity index (χ3n) is 4.40. The molecular formula is C21H23N5O3. The number of ether oxygens (including phenoxy) is 1. The quantitative estimate of drug-likeness (QED) is 0.363. The van der Waals surface area contributed by atoms with Crippen LogP contribution in [-0.4, -0.2) is 33.7 Å². The van der Waals surface area contributed by atoms with E-state index in [2.05, 4.69) is 10.4 Å². The number of aromatic nitrogens is 2. The van der Waals surface area contributed by atoms with E-state index in [-0.39, 0.29) is 6.42 Å². The topological polar surface area (TPSA) is 102 Å². The molecule has 0 radical (unpaired) electrons. The first-order valence-electron chi connectivity index (χ1n) is 9.02. The van der Waals surface area contributed by atoms with Crippen LogP contribution in [0.2, 0.25) is 0 Å². The molecule has 1 atom stereocenters. The maximum Gasteiger partial charge on any atom is 0.253 e. The Morgan fingerprint density at radius 1 is 1.17 bits per heavy atom. The van der Waals surface area contributed by atoms with Gasteiger partial charge in [-0.15, -0.1) is 0 Å². The van der Waals surface area contributed by atoms with Gasteiger partial charge in [0.1, 0.15) is 5.75 Å². The molecular weight excluding hydrogens is 370 g/mol. The van der Waals surface area contributed by atoms with Crippen molar-refractivity contribution in [3.05, 3.63) is 78.1 Å².